The Balaban J connectivity index is 1.90. The van der Waals surface area contributed by atoms with Crippen molar-refractivity contribution in [3.63, 3.8) is 0 Å². The molecule has 0 saturated heterocycles. The van der Waals surface area contributed by atoms with E-state index in [0.29, 0.717) is 6.42 Å². The summed E-state index contributed by atoms with van der Waals surface area (Å²) in [5.41, 5.74) is 0.874. The number of carbonyl (C=O) groups excluding carboxylic acids is 2. The second kappa shape index (κ2) is 11.5. The van der Waals surface area contributed by atoms with Crippen LogP contribution in [-0.4, -0.2) is 50.0 Å². The third-order valence-electron chi connectivity index (χ3n) is 6.06. The van der Waals surface area contributed by atoms with Crippen molar-refractivity contribution in [2.45, 2.75) is 57.7 Å². The van der Waals surface area contributed by atoms with Gasteiger partial charge in [0.2, 0.25) is 21.8 Å². The minimum absolute atomic E-state index is 0.0546. The molecule has 0 bridgehead atoms. The monoisotopic (exact) mass is 489 g/mol. The van der Waals surface area contributed by atoms with E-state index in [0.717, 1.165) is 47.9 Å². The molecule has 0 aliphatic heterocycles. The molecule has 1 fully saturated rings. The van der Waals surface area contributed by atoms with Crippen LogP contribution in [0, 0.1) is 5.82 Å². The Morgan fingerprint density at radius 2 is 1.76 bits per heavy atom. The van der Waals surface area contributed by atoms with Crippen molar-refractivity contribution in [2.24, 2.45) is 0 Å². The lowest BCUT2D eigenvalue weighted by atomic mass is 10.1. The molecule has 0 aromatic heterocycles. The average molecular weight is 490 g/mol. The first-order valence-corrected chi connectivity index (χ1v) is 13.4. The minimum atomic E-state index is -3.89. The van der Waals surface area contributed by atoms with Gasteiger partial charge < -0.3 is 10.2 Å². The third-order valence-corrected chi connectivity index (χ3v) is 7.20. The Morgan fingerprint density at radius 3 is 2.35 bits per heavy atom. The lowest BCUT2D eigenvalue weighted by Crippen LogP contribution is -2.53. The smallest absolute Gasteiger partial charge is 0.244 e. The van der Waals surface area contributed by atoms with Crippen molar-refractivity contribution in [3.05, 3.63) is 66.0 Å². The van der Waals surface area contributed by atoms with Gasteiger partial charge in [-0.05, 0) is 43.0 Å². The van der Waals surface area contributed by atoms with Gasteiger partial charge in [-0.3, -0.25) is 13.9 Å². The Labute approximate surface area is 201 Å². The Morgan fingerprint density at radius 1 is 1.09 bits per heavy atom. The molecule has 0 heterocycles. The number of hydrogen-bond acceptors (Lipinski definition) is 4. The van der Waals surface area contributed by atoms with Crippen LogP contribution < -0.4 is 9.62 Å². The predicted octanol–water partition coefficient (Wildman–Crippen LogP) is 3.46. The number of halogens is 1. The molecule has 0 spiro atoms. The molecule has 2 aromatic rings. The molecule has 9 heteroatoms. The minimum Gasteiger partial charge on any atom is -0.352 e. The van der Waals surface area contributed by atoms with E-state index in [1.165, 1.54) is 23.1 Å². The largest absolute Gasteiger partial charge is 0.352 e. The van der Waals surface area contributed by atoms with Gasteiger partial charge in [0.1, 0.15) is 18.4 Å². The number of rotatable bonds is 10. The van der Waals surface area contributed by atoms with Gasteiger partial charge in [0, 0.05) is 12.6 Å². The van der Waals surface area contributed by atoms with Gasteiger partial charge >= 0.3 is 0 Å². The standard InChI is InChI=1S/C25H32FN3O4S/c1-3-23(25(31)27-21-13-7-8-14-21)28(17-19-10-5-4-6-11-19)24(30)18-29(34(2,32)33)22-15-9-12-20(26)16-22/h4-6,9-12,15-16,21,23H,3,7-8,13-14,17-18H2,1-2H3,(H,27,31)/t23-/m0/s1. The molecule has 184 valence electrons. The topological polar surface area (TPSA) is 86.8 Å². The summed E-state index contributed by atoms with van der Waals surface area (Å²) in [7, 11) is -3.89. The summed E-state index contributed by atoms with van der Waals surface area (Å²) in [6.45, 7) is 1.43. The van der Waals surface area contributed by atoms with E-state index in [1.54, 1.807) is 0 Å². The molecule has 0 radical (unpaired) electrons. The second-order valence-corrected chi connectivity index (χ2v) is 10.6. The first-order chi connectivity index (χ1) is 16.2. The van der Waals surface area contributed by atoms with Gasteiger partial charge in [-0.25, -0.2) is 12.8 Å². The molecule has 3 rings (SSSR count). The predicted molar refractivity (Wildman–Crippen MR) is 130 cm³/mol. The van der Waals surface area contributed by atoms with Gasteiger partial charge in [0.05, 0.1) is 11.9 Å². The van der Waals surface area contributed by atoms with Crippen LogP contribution in [0.1, 0.15) is 44.6 Å². The summed E-state index contributed by atoms with van der Waals surface area (Å²) in [4.78, 5) is 28.2. The first-order valence-electron chi connectivity index (χ1n) is 11.6. The Bertz CT molecular complexity index is 1090. The zero-order valence-electron chi connectivity index (χ0n) is 19.6. The Kier molecular flexibility index (Phi) is 8.66. The van der Waals surface area contributed by atoms with Crippen molar-refractivity contribution < 1.29 is 22.4 Å². The lowest BCUT2D eigenvalue weighted by Gasteiger charge is -2.33. The molecule has 7 nitrogen and oxygen atoms in total. The normalized spacial score (nSPS) is 15.0. The summed E-state index contributed by atoms with van der Waals surface area (Å²) >= 11 is 0. The molecule has 2 amide bonds. The highest BCUT2D eigenvalue weighted by molar-refractivity contribution is 7.92. The molecule has 1 aliphatic carbocycles. The molecule has 1 aliphatic rings. The van der Waals surface area contributed by atoms with Gasteiger partial charge in [-0.2, -0.15) is 0 Å². The van der Waals surface area contributed by atoms with Crippen molar-refractivity contribution >= 4 is 27.5 Å². The average Bonchev–Trinajstić information content (AvgIpc) is 3.30. The molecule has 1 saturated carbocycles. The number of hydrogen-bond donors (Lipinski definition) is 1. The lowest BCUT2D eigenvalue weighted by molar-refractivity contribution is -0.140. The maximum Gasteiger partial charge on any atom is 0.244 e. The number of benzene rings is 2. The van der Waals surface area contributed by atoms with Gasteiger partial charge in [0.15, 0.2) is 0 Å². The van der Waals surface area contributed by atoms with E-state index >= 15 is 0 Å². The quantitative estimate of drug-likeness (QED) is 0.554. The van der Waals surface area contributed by atoms with Crippen LogP contribution in [0.2, 0.25) is 0 Å². The van der Waals surface area contributed by atoms with Gasteiger partial charge in [-0.15, -0.1) is 0 Å². The fraction of sp³-hybridized carbons (Fsp3) is 0.440. The van der Waals surface area contributed by atoms with Crippen LogP contribution in [0.3, 0.4) is 0 Å². The van der Waals surface area contributed by atoms with Crippen LogP contribution in [0.25, 0.3) is 0 Å². The van der Waals surface area contributed by atoms with Gasteiger partial charge in [-0.1, -0.05) is 56.2 Å². The molecule has 2 aromatic carbocycles. The van der Waals surface area contributed by atoms with E-state index in [9.17, 15) is 22.4 Å². The van der Waals surface area contributed by atoms with Crippen LogP contribution in [0.4, 0.5) is 10.1 Å². The highest BCUT2D eigenvalue weighted by atomic mass is 32.2. The summed E-state index contributed by atoms with van der Waals surface area (Å²) in [5.74, 6) is -1.38. The van der Waals surface area contributed by atoms with Crippen LogP contribution in [-0.2, 0) is 26.2 Å². The summed E-state index contributed by atoms with van der Waals surface area (Å²) < 4.78 is 39.7. The van der Waals surface area contributed by atoms with Crippen molar-refractivity contribution in [1.29, 1.82) is 0 Å². The number of sulfonamides is 1. The SMILES string of the molecule is CC[C@@H](C(=O)NC1CCCC1)N(Cc1ccccc1)C(=O)CN(c1cccc(F)c1)S(C)(=O)=O. The van der Waals surface area contributed by atoms with E-state index in [2.05, 4.69) is 5.32 Å². The highest BCUT2D eigenvalue weighted by Crippen LogP contribution is 2.22. The van der Waals surface area contributed by atoms with Crippen LogP contribution in [0.5, 0.6) is 0 Å². The number of nitrogens with zero attached hydrogens (tertiary/aromatic N) is 2. The number of carbonyl (C=O) groups is 2. The zero-order chi connectivity index (χ0) is 24.7. The first kappa shape index (κ1) is 25.7. The van der Waals surface area contributed by atoms with Crippen LogP contribution >= 0.6 is 0 Å². The fourth-order valence-corrected chi connectivity index (χ4v) is 5.15. The highest BCUT2D eigenvalue weighted by Gasteiger charge is 2.33. The Hall–Kier alpha value is -2.94. The maximum absolute atomic E-state index is 13.8. The number of amides is 2. The zero-order valence-corrected chi connectivity index (χ0v) is 20.4. The van der Waals surface area contributed by atoms with Gasteiger partial charge in [0.25, 0.3) is 0 Å². The second-order valence-electron chi connectivity index (χ2n) is 8.67. The molecular formula is C25H32FN3O4S. The van der Waals surface area contributed by atoms with E-state index in [4.69, 9.17) is 0 Å². The van der Waals surface area contributed by atoms with Crippen LogP contribution in [0.15, 0.2) is 54.6 Å². The summed E-state index contributed by atoms with van der Waals surface area (Å²) in [5, 5.41) is 3.06. The molecule has 1 N–H and O–H groups in total. The summed E-state index contributed by atoms with van der Waals surface area (Å²) in [6.07, 6.45) is 5.29. The van der Waals surface area contributed by atoms with E-state index in [-0.39, 0.29) is 24.2 Å². The third kappa shape index (κ3) is 6.79. The molecule has 0 unspecified atom stereocenters. The fourth-order valence-electron chi connectivity index (χ4n) is 4.31. The number of nitrogens with one attached hydrogen (secondary N) is 1. The number of anilines is 1. The molecule has 1 atom stereocenters. The van der Waals surface area contributed by atoms with Crippen molar-refractivity contribution in [1.82, 2.24) is 10.2 Å². The maximum atomic E-state index is 13.8. The van der Waals surface area contributed by atoms with E-state index in [1.807, 2.05) is 37.3 Å². The van der Waals surface area contributed by atoms with Crippen molar-refractivity contribution in [2.75, 3.05) is 17.1 Å². The van der Waals surface area contributed by atoms with E-state index < -0.39 is 34.3 Å². The molecular weight excluding hydrogens is 457 g/mol. The van der Waals surface area contributed by atoms with Crippen molar-refractivity contribution in [3.8, 4) is 0 Å². The molecule has 34 heavy (non-hydrogen) atoms. The summed E-state index contributed by atoms with van der Waals surface area (Å²) in [6, 6.07) is 13.7.